The summed E-state index contributed by atoms with van der Waals surface area (Å²) in [4.78, 5) is 53.0. The number of carbonyl (C=O) groups excluding carboxylic acids is 2. The SMILES string of the molecule is COc1cc(NC(=O)CCCN(C)CC(/C(=C\C(=O)O)C(=O)O)N(C)CCCSC(=O)c2cc(OC)c(OC)c(OC)c2)cc(OC)c1OC. The van der Waals surface area contributed by atoms with Crippen LogP contribution in [-0.4, -0.2) is 131 Å². The highest BCUT2D eigenvalue weighted by Crippen LogP contribution is 2.40. The average molecular weight is 722 g/mol. The number of carboxylic acids is 2. The van der Waals surface area contributed by atoms with Crippen LogP contribution in [0.3, 0.4) is 0 Å². The fourth-order valence-corrected chi connectivity index (χ4v) is 5.84. The van der Waals surface area contributed by atoms with Gasteiger partial charge in [-0.3, -0.25) is 14.5 Å². The highest BCUT2D eigenvalue weighted by molar-refractivity contribution is 8.14. The summed E-state index contributed by atoms with van der Waals surface area (Å²) < 4.78 is 32.0. The second kappa shape index (κ2) is 20.8. The van der Waals surface area contributed by atoms with Crippen molar-refractivity contribution in [2.24, 2.45) is 0 Å². The number of benzene rings is 2. The molecule has 0 fully saturated rings. The van der Waals surface area contributed by atoms with E-state index in [9.17, 15) is 29.4 Å². The number of amides is 1. The molecule has 276 valence electrons. The van der Waals surface area contributed by atoms with Crippen LogP contribution in [0, 0.1) is 0 Å². The number of rotatable bonds is 22. The minimum atomic E-state index is -1.38. The number of aliphatic carboxylic acids is 2. The maximum atomic E-state index is 13.0. The number of likely N-dealkylation sites (N-methyl/N-ethyl adjacent to an activating group) is 2. The molecule has 0 bridgehead atoms. The van der Waals surface area contributed by atoms with Gasteiger partial charge in [0.2, 0.25) is 22.5 Å². The number of ether oxygens (including phenoxy) is 6. The van der Waals surface area contributed by atoms with Crippen molar-refractivity contribution in [2.75, 3.05) is 87.5 Å². The maximum absolute atomic E-state index is 13.0. The van der Waals surface area contributed by atoms with Gasteiger partial charge in [0.1, 0.15) is 0 Å². The molecule has 0 aromatic heterocycles. The second-order valence-corrected chi connectivity index (χ2v) is 12.0. The minimum Gasteiger partial charge on any atom is -0.493 e. The number of hydrogen-bond acceptors (Lipinski definition) is 13. The van der Waals surface area contributed by atoms with Crippen LogP contribution in [0.2, 0.25) is 0 Å². The lowest BCUT2D eigenvalue weighted by Crippen LogP contribution is -2.45. The van der Waals surface area contributed by atoms with Gasteiger partial charge in [0.15, 0.2) is 23.0 Å². The molecule has 16 heteroatoms. The van der Waals surface area contributed by atoms with Crippen LogP contribution in [0.15, 0.2) is 35.9 Å². The highest BCUT2D eigenvalue weighted by Gasteiger charge is 2.27. The highest BCUT2D eigenvalue weighted by atomic mass is 32.2. The molecule has 3 N–H and O–H groups in total. The predicted octanol–water partition coefficient (Wildman–Crippen LogP) is 3.75. The van der Waals surface area contributed by atoms with Gasteiger partial charge in [-0.15, -0.1) is 0 Å². The molecule has 50 heavy (non-hydrogen) atoms. The first kappa shape index (κ1) is 41.5. The Hall–Kier alpha value is -4.67. The van der Waals surface area contributed by atoms with Gasteiger partial charge in [-0.2, -0.15) is 0 Å². The summed E-state index contributed by atoms with van der Waals surface area (Å²) >= 11 is 1.08. The van der Waals surface area contributed by atoms with Crippen LogP contribution in [0.25, 0.3) is 0 Å². The van der Waals surface area contributed by atoms with Crippen LogP contribution < -0.4 is 33.7 Å². The fraction of sp³-hybridized carbons (Fsp3) is 0.471. The van der Waals surface area contributed by atoms with Crippen LogP contribution in [0.5, 0.6) is 34.5 Å². The van der Waals surface area contributed by atoms with Crippen LogP contribution in [0.1, 0.15) is 29.6 Å². The molecule has 1 amide bonds. The van der Waals surface area contributed by atoms with Gasteiger partial charge in [0, 0.05) is 48.2 Å². The molecule has 2 aromatic rings. The quantitative estimate of drug-likeness (QED) is 0.118. The van der Waals surface area contributed by atoms with Gasteiger partial charge in [0.25, 0.3) is 0 Å². The van der Waals surface area contributed by atoms with E-state index in [1.54, 1.807) is 43.3 Å². The first-order valence-corrected chi connectivity index (χ1v) is 16.5. The molecule has 0 saturated heterocycles. The summed E-state index contributed by atoms with van der Waals surface area (Å²) in [5.74, 6) is -0.305. The van der Waals surface area contributed by atoms with Crippen molar-refractivity contribution < 1.29 is 57.8 Å². The molecule has 0 saturated carbocycles. The van der Waals surface area contributed by atoms with E-state index in [4.69, 9.17) is 28.4 Å². The second-order valence-electron chi connectivity index (χ2n) is 11.0. The largest absolute Gasteiger partial charge is 0.493 e. The van der Waals surface area contributed by atoms with Crippen molar-refractivity contribution in [3.05, 3.63) is 41.5 Å². The van der Waals surface area contributed by atoms with Crippen LogP contribution in [-0.2, 0) is 14.4 Å². The Bertz CT molecular complexity index is 1470. The molecule has 1 atom stereocenters. The average Bonchev–Trinajstić information content (AvgIpc) is 3.09. The Morgan fingerprint density at radius 3 is 1.76 bits per heavy atom. The summed E-state index contributed by atoms with van der Waals surface area (Å²) in [6.07, 6.45) is 1.80. The molecule has 2 rings (SSSR count). The molecule has 1 unspecified atom stereocenters. The Morgan fingerprint density at radius 1 is 0.780 bits per heavy atom. The van der Waals surface area contributed by atoms with E-state index in [1.165, 1.54) is 42.7 Å². The van der Waals surface area contributed by atoms with E-state index in [0.717, 1.165) is 11.8 Å². The molecule has 0 aliphatic rings. The van der Waals surface area contributed by atoms with Gasteiger partial charge in [-0.05, 0) is 52.2 Å². The molecule has 0 spiro atoms. The first-order valence-electron chi connectivity index (χ1n) is 15.5. The van der Waals surface area contributed by atoms with Crippen LogP contribution >= 0.6 is 11.8 Å². The molecule has 2 aromatic carbocycles. The summed E-state index contributed by atoms with van der Waals surface area (Å²) in [5.41, 5.74) is 0.549. The Kier molecular flexibility index (Phi) is 17.2. The lowest BCUT2D eigenvalue weighted by atomic mass is 10.0. The number of thioether (sulfide) groups is 1. The lowest BCUT2D eigenvalue weighted by Gasteiger charge is -2.32. The summed E-state index contributed by atoms with van der Waals surface area (Å²) in [7, 11) is 12.3. The number of hydrogen-bond donors (Lipinski definition) is 3. The van der Waals surface area contributed by atoms with Gasteiger partial charge in [0.05, 0.1) is 54.3 Å². The van der Waals surface area contributed by atoms with Crippen molar-refractivity contribution in [3.63, 3.8) is 0 Å². The van der Waals surface area contributed by atoms with Crippen molar-refractivity contribution in [1.29, 1.82) is 0 Å². The van der Waals surface area contributed by atoms with E-state index in [0.29, 0.717) is 83.5 Å². The number of carbonyl (C=O) groups is 4. The third-order valence-electron chi connectivity index (χ3n) is 7.58. The number of nitrogens with one attached hydrogen (secondary N) is 1. The zero-order valence-corrected chi connectivity index (χ0v) is 30.5. The van der Waals surface area contributed by atoms with E-state index >= 15 is 0 Å². The van der Waals surface area contributed by atoms with Crippen LogP contribution in [0.4, 0.5) is 5.69 Å². The van der Waals surface area contributed by atoms with Crippen molar-refractivity contribution in [3.8, 4) is 34.5 Å². The zero-order valence-electron chi connectivity index (χ0n) is 29.7. The Labute approximate surface area is 296 Å². The van der Waals surface area contributed by atoms with E-state index in [-0.39, 0.29) is 29.6 Å². The molecule has 0 radical (unpaired) electrons. The minimum absolute atomic E-state index is 0.162. The number of anilines is 1. The zero-order chi connectivity index (χ0) is 37.4. The molecular weight excluding hydrogens is 674 g/mol. The number of carboxylic acid groups (broad SMARTS) is 2. The van der Waals surface area contributed by atoms with Crippen molar-refractivity contribution in [2.45, 2.75) is 25.3 Å². The molecule has 15 nitrogen and oxygen atoms in total. The van der Waals surface area contributed by atoms with Crippen molar-refractivity contribution in [1.82, 2.24) is 9.80 Å². The first-order chi connectivity index (χ1) is 23.8. The van der Waals surface area contributed by atoms with E-state index < -0.39 is 18.0 Å². The third kappa shape index (κ3) is 12.0. The summed E-state index contributed by atoms with van der Waals surface area (Å²) in [5, 5.41) is 21.9. The number of methoxy groups -OCH3 is 6. The maximum Gasteiger partial charge on any atom is 0.333 e. The summed E-state index contributed by atoms with van der Waals surface area (Å²) in [6.45, 7) is 0.968. The molecule has 0 aliphatic heterocycles. The van der Waals surface area contributed by atoms with E-state index in [1.807, 2.05) is 4.90 Å². The molecular formula is C34H47N3O12S. The van der Waals surface area contributed by atoms with Gasteiger partial charge in [-0.1, -0.05) is 11.8 Å². The topological polar surface area (TPSA) is 183 Å². The smallest absolute Gasteiger partial charge is 0.333 e. The normalized spacial score (nSPS) is 11.9. The van der Waals surface area contributed by atoms with Gasteiger partial charge in [-0.25, -0.2) is 9.59 Å². The molecule has 0 aliphatic carbocycles. The monoisotopic (exact) mass is 721 g/mol. The Balaban J connectivity index is 2.03. The van der Waals surface area contributed by atoms with E-state index in [2.05, 4.69) is 5.32 Å². The number of nitrogens with zero attached hydrogens (tertiary/aromatic N) is 2. The summed E-state index contributed by atoms with van der Waals surface area (Å²) in [6, 6.07) is 5.59. The predicted molar refractivity (Wildman–Crippen MR) is 189 cm³/mol. The standard InChI is InChI=1S/C34H47N3O12S/c1-36(12-9-11-29(38)35-22-17-27(46-5)32(49-8)28(18-22)47-6)20-24(23(33(41)42)19-30(39)40)37(2)13-10-14-50-34(43)21-15-25(44-3)31(48-7)26(16-21)45-4/h15-19,24H,9-14,20H2,1-8H3,(H,35,38)(H,39,40)(H,41,42)/b23-19+. The Morgan fingerprint density at radius 2 is 1.30 bits per heavy atom. The van der Waals surface area contributed by atoms with Crippen molar-refractivity contribution >= 4 is 40.4 Å². The van der Waals surface area contributed by atoms with Gasteiger partial charge < -0.3 is 48.9 Å². The third-order valence-corrected chi connectivity index (χ3v) is 8.57. The lowest BCUT2D eigenvalue weighted by molar-refractivity contribution is -0.135. The van der Waals surface area contributed by atoms with Gasteiger partial charge >= 0.3 is 11.9 Å². The molecule has 0 heterocycles. The fourth-order valence-electron chi connectivity index (χ4n) is 5.10.